The fraction of sp³-hybridized carbons (Fsp3) is 0.111. The zero-order chi connectivity index (χ0) is 12.4. The van der Waals surface area contributed by atoms with Gasteiger partial charge in [-0.1, -0.05) is 17.4 Å². The summed E-state index contributed by atoms with van der Waals surface area (Å²) in [5.41, 5.74) is 0. The molecule has 0 aliphatic carbocycles. The molecule has 0 saturated carbocycles. The second-order valence-electron chi connectivity index (χ2n) is 2.38. The number of carboxylic acid groups (broad SMARTS) is 2. The summed E-state index contributed by atoms with van der Waals surface area (Å²) in [6, 6.07) is 0. The Morgan fingerprint density at radius 1 is 1.38 bits per heavy atom. The maximum Gasteiger partial charge on any atom is 0.328 e. The van der Waals surface area contributed by atoms with Crippen LogP contribution in [0.4, 0.5) is 0 Å². The number of carbonyl (C=O) groups is 2. The van der Waals surface area contributed by atoms with Gasteiger partial charge in [0.2, 0.25) is 0 Å². The van der Waals surface area contributed by atoms with Crippen LogP contribution in [-0.4, -0.2) is 33.2 Å². The second kappa shape index (κ2) is 8.30. The summed E-state index contributed by atoms with van der Waals surface area (Å²) >= 11 is 4.83. The molecule has 0 radical (unpaired) electrons. The van der Waals surface area contributed by atoms with E-state index in [0.717, 1.165) is 4.86 Å². The van der Waals surface area contributed by atoms with E-state index in [4.69, 9.17) is 22.4 Å². The van der Waals surface area contributed by atoms with Gasteiger partial charge in [-0.05, 0) is 6.08 Å². The van der Waals surface area contributed by atoms with Crippen LogP contribution in [0.15, 0.2) is 29.6 Å². The monoisotopic (exact) mass is 243 g/mol. The van der Waals surface area contributed by atoms with Crippen LogP contribution in [0.5, 0.6) is 0 Å². The lowest BCUT2D eigenvalue weighted by molar-refractivity contribution is -0.134. The molecule has 0 aromatic rings. The summed E-state index contributed by atoms with van der Waals surface area (Å²) in [5, 5.41) is 19.1. The van der Waals surface area contributed by atoms with Crippen molar-refractivity contribution in [3.05, 3.63) is 24.5 Å². The minimum absolute atomic E-state index is 0.558. The number of allylic oxidation sites excluding steroid dienone is 1. The topological polar surface area (TPSA) is 96.2 Å². The van der Waals surface area contributed by atoms with Gasteiger partial charge in [0.1, 0.15) is 6.26 Å². The van der Waals surface area contributed by atoms with Crippen molar-refractivity contribution < 1.29 is 24.6 Å². The first kappa shape index (κ1) is 14.0. The number of rotatable bonds is 2. The van der Waals surface area contributed by atoms with Crippen molar-refractivity contribution >= 4 is 35.2 Å². The molecular weight excluding hydrogens is 234 g/mol. The zero-order valence-corrected chi connectivity index (χ0v) is 8.88. The molecule has 0 unspecified atom stereocenters. The highest BCUT2D eigenvalue weighted by Crippen LogP contribution is 1.92. The number of carboxylic acids is 2. The Hall–Kier alpha value is -2.02. The molecule has 0 saturated heterocycles. The molecule has 0 aromatic heterocycles. The fourth-order valence-electron chi connectivity index (χ4n) is 0.522. The zero-order valence-electron chi connectivity index (χ0n) is 8.07. The van der Waals surface area contributed by atoms with Crippen molar-refractivity contribution in [2.75, 3.05) is 0 Å². The molecule has 0 bridgehead atoms. The third kappa shape index (κ3) is 10.1. The van der Waals surface area contributed by atoms with Crippen LogP contribution in [0.2, 0.25) is 0 Å². The average molecular weight is 243 g/mol. The Labute approximate surface area is 96.5 Å². The molecule has 7 heteroatoms. The molecule has 0 atom stereocenters. The minimum Gasteiger partial charge on any atom is -0.478 e. The lowest BCUT2D eigenvalue weighted by atomic mass is 10.3. The third-order valence-corrected chi connectivity index (χ3v) is 1.41. The summed E-state index contributed by atoms with van der Waals surface area (Å²) in [7, 11) is 0. The SMILES string of the molecule is O=C(O)C=CC(=O)O.S=C1C=CON=CC1. The van der Waals surface area contributed by atoms with E-state index in [1.165, 1.54) is 6.26 Å². The lowest BCUT2D eigenvalue weighted by Crippen LogP contribution is -1.91. The predicted molar refractivity (Wildman–Crippen MR) is 60.3 cm³/mol. The standard InChI is InChI=1S/C5H5NOS.C4H4O4/c8-5-1-3-6-7-4-2-5;5-3(6)1-2-4(7)8/h2-4H,1H2;1-2H,(H,5,6)(H,7,8). The molecule has 86 valence electrons. The molecule has 1 rings (SSSR count). The first-order valence-electron chi connectivity index (χ1n) is 4.03. The van der Waals surface area contributed by atoms with Gasteiger partial charge in [0, 0.05) is 29.7 Å². The van der Waals surface area contributed by atoms with Crippen LogP contribution in [0.3, 0.4) is 0 Å². The number of aliphatic carboxylic acids is 2. The van der Waals surface area contributed by atoms with Gasteiger partial charge in [0.15, 0.2) is 0 Å². The molecule has 0 spiro atoms. The Morgan fingerprint density at radius 2 is 1.94 bits per heavy atom. The van der Waals surface area contributed by atoms with E-state index < -0.39 is 11.9 Å². The first-order valence-corrected chi connectivity index (χ1v) is 4.44. The van der Waals surface area contributed by atoms with Crippen LogP contribution >= 0.6 is 12.2 Å². The second-order valence-corrected chi connectivity index (χ2v) is 2.90. The van der Waals surface area contributed by atoms with E-state index in [0.29, 0.717) is 18.6 Å². The van der Waals surface area contributed by atoms with Gasteiger partial charge in [-0.25, -0.2) is 9.59 Å². The van der Waals surface area contributed by atoms with Crippen molar-refractivity contribution in [1.82, 2.24) is 0 Å². The van der Waals surface area contributed by atoms with Crippen LogP contribution in [0.1, 0.15) is 6.42 Å². The fourth-order valence-corrected chi connectivity index (χ4v) is 0.652. The van der Waals surface area contributed by atoms with E-state index in [-0.39, 0.29) is 0 Å². The van der Waals surface area contributed by atoms with Gasteiger partial charge in [-0.2, -0.15) is 0 Å². The molecule has 1 aliphatic rings. The van der Waals surface area contributed by atoms with Crippen molar-refractivity contribution in [3.8, 4) is 0 Å². The summed E-state index contributed by atoms with van der Waals surface area (Å²) in [6.45, 7) is 0. The average Bonchev–Trinajstić information content (AvgIpc) is 2.44. The molecule has 1 aliphatic heterocycles. The maximum atomic E-state index is 9.55. The van der Waals surface area contributed by atoms with Crippen LogP contribution < -0.4 is 0 Å². The molecular formula is C9H9NO5S. The largest absolute Gasteiger partial charge is 0.478 e. The van der Waals surface area contributed by atoms with Gasteiger partial charge in [-0.3, -0.25) is 0 Å². The molecule has 1 heterocycles. The van der Waals surface area contributed by atoms with Crippen molar-refractivity contribution in [2.24, 2.45) is 5.16 Å². The van der Waals surface area contributed by atoms with E-state index in [1.807, 2.05) is 0 Å². The van der Waals surface area contributed by atoms with E-state index in [9.17, 15) is 9.59 Å². The summed E-state index contributed by atoms with van der Waals surface area (Å²) in [5.74, 6) is -2.51. The summed E-state index contributed by atoms with van der Waals surface area (Å²) in [6.07, 6.45) is 6.67. The smallest absolute Gasteiger partial charge is 0.328 e. The normalized spacial score (nSPS) is 13.6. The molecule has 0 amide bonds. The van der Waals surface area contributed by atoms with Gasteiger partial charge in [-0.15, -0.1) is 0 Å². The molecule has 0 fully saturated rings. The molecule has 6 nitrogen and oxygen atoms in total. The van der Waals surface area contributed by atoms with Gasteiger partial charge in [0.05, 0.1) is 0 Å². The quantitative estimate of drug-likeness (QED) is 0.554. The van der Waals surface area contributed by atoms with Gasteiger partial charge < -0.3 is 15.1 Å². The number of hydrogen-bond donors (Lipinski definition) is 2. The van der Waals surface area contributed by atoms with Crippen LogP contribution in [0.25, 0.3) is 0 Å². The van der Waals surface area contributed by atoms with Crippen molar-refractivity contribution in [3.63, 3.8) is 0 Å². The van der Waals surface area contributed by atoms with Crippen molar-refractivity contribution in [2.45, 2.75) is 6.42 Å². The summed E-state index contributed by atoms with van der Waals surface area (Å²) in [4.78, 5) is 24.5. The maximum absolute atomic E-state index is 9.55. The molecule has 2 N–H and O–H groups in total. The number of oxime groups is 1. The summed E-state index contributed by atoms with van der Waals surface area (Å²) < 4.78 is 0. The van der Waals surface area contributed by atoms with Crippen molar-refractivity contribution in [1.29, 1.82) is 0 Å². The number of nitrogens with zero attached hydrogens (tertiary/aromatic N) is 1. The first-order chi connectivity index (χ1) is 7.52. The highest BCUT2D eigenvalue weighted by atomic mass is 32.1. The van der Waals surface area contributed by atoms with E-state index in [1.54, 1.807) is 12.3 Å². The molecule has 16 heavy (non-hydrogen) atoms. The lowest BCUT2D eigenvalue weighted by Gasteiger charge is -1.79. The Morgan fingerprint density at radius 3 is 2.44 bits per heavy atom. The number of hydrogen-bond acceptors (Lipinski definition) is 5. The van der Waals surface area contributed by atoms with Gasteiger partial charge >= 0.3 is 11.9 Å². The minimum atomic E-state index is -1.26. The van der Waals surface area contributed by atoms with Crippen LogP contribution in [0, 0.1) is 0 Å². The van der Waals surface area contributed by atoms with Crippen LogP contribution in [-0.2, 0) is 14.4 Å². The predicted octanol–water partition coefficient (Wildman–Crippen LogP) is 0.988. The Bertz CT molecular complexity index is 343. The highest BCUT2D eigenvalue weighted by molar-refractivity contribution is 7.80. The van der Waals surface area contributed by atoms with E-state index in [2.05, 4.69) is 9.99 Å². The van der Waals surface area contributed by atoms with Gasteiger partial charge in [0.25, 0.3) is 0 Å². The third-order valence-electron chi connectivity index (χ3n) is 1.11. The Kier molecular flexibility index (Phi) is 7.25. The highest BCUT2D eigenvalue weighted by Gasteiger charge is 1.90. The molecule has 0 aromatic carbocycles. The Balaban J connectivity index is 0.000000281. The number of thiocarbonyl (C=S) groups is 1. The van der Waals surface area contributed by atoms with E-state index >= 15 is 0 Å².